The van der Waals surface area contributed by atoms with Gasteiger partial charge in [0.2, 0.25) is 0 Å². The molecule has 22 heavy (non-hydrogen) atoms. The normalized spacial score (nSPS) is 11.4. The summed E-state index contributed by atoms with van der Waals surface area (Å²) in [6.07, 6.45) is 2.27. The average Bonchev–Trinajstić information content (AvgIpc) is 2.49. The van der Waals surface area contributed by atoms with E-state index in [0.29, 0.717) is 22.8 Å². The van der Waals surface area contributed by atoms with Gasteiger partial charge in [-0.15, -0.1) is 0 Å². The number of urea groups is 1. The van der Waals surface area contributed by atoms with E-state index >= 15 is 0 Å². The van der Waals surface area contributed by atoms with E-state index in [1.165, 1.54) is 23.9 Å². The highest BCUT2D eigenvalue weighted by Crippen LogP contribution is 2.09. The first-order valence-corrected chi connectivity index (χ1v) is 8.12. The summed E-state index contributed by atoms with van der Waals surface area (Å²) in [5.74, 6) is -0.383. The van der Waals surface area contributed by atoms with Gasteiger partial charge >= 0.3 is 6.03 Å². The van der Waals surface area contributed by atoms with Gasteiger partial charge in [-0.2, -0.15) is 11.8 Å². The highest BCUT2D eigenvalue weighted by atomic mass is 35.5. The van der Waals surface area contributed by atoms with Crippen molar-refractivity contribution in [1.29, 1.82) is 0 Å². The smallest absolute Gasteiger partial charge is 0.312 e. The molecular weight excluding hydrogens is 328 g/mol. The number of hydrogen-bond acceptors (Lipinski definition) is 4. The second-order valence-electron chi connectivity index (χ2n) is 4.29. The third-order valence-electron chi connectivity index (χ3n) is 2.65. The monoisotopic (exact) mass is 344 g/mol. The Bertz CT molecular complexity index is 539. The molecular formula is C13H17ClN4O3S. The minimum Gasteiger partial charge on any atom is -0.352 e. The van der Waals surface area contributed by atoms with Crippen LogP contribution in [-0.2, 0) is 4.79 Å². The molecule has 0 aromatic heterocycles. The number of primary amides is 1. The van der Waals surface area contributed by atoms with E-state index < -0.39 is 23.9 Å². The van der Waals surface area contributed by atoms with Crippen molar-refractivity contribution in [2.75, 3.05) is 12.0 Å². The first-order chi connectivity index (χ1) is 10.4. The Morgan fingerprint density at radius 1 is 1.23 bits per heavy atom. The van der Waals surface area contributed by atoms with E-state index in [1.54, 1.807) is 12.1 Å². The predicted molar refractivity (Wildman–Crippen MR) is 86.6 cm³/mol. The zero-order valence-electron chi connectivity index (χ0n) is 11.9. The molecule has 0 bridgehead atoms. The summed E-state index contributed by atoms with van der Waals surface area (Å²) < 4.78 is 0. The standard InChI is InChI=1S/C13H17ClN4O3S/c1-22-7-6-10(16-13(15)21)12(20)18-17-11(19)8-2-4-9(14)5-3-8/h2-5,10H,6-7H2,1H3,(H,17,19)(H,18,20)(H3,15,16,21)/t10-/m1/s1. The molecule has 5 N–H and O–H groups in total. The lowest BCUT2D eigenvalue weighted by Gasteiger charge is -2.17. The number of hydrogen-bond donors (Lipinski definition) is 4. The molecule has 0 spiro atoms. The quantitative estimate of drug-likeness (QED) is 0.574. The van der Waals surface area contributed by atoms with Crippen LogP contribution in [0.5, 0.6) is 0 Å². The molecule has 0 saturated carbocycles. The number of benzene rings is 1. The number of carbonyl (C=O) groups excluding carboxylic acids is 3. The Morgan fingerprint density at radius 2 is 1.86 bits per heavy atom. The van der Waals surface area contributed by atoms with Gasteiger partial charge in [0.05, 0.1) is 0 Å². The number of halogens is 1. The molecule has 0 radical (unpaired) electrons. The second-order valence-corrected chi connectivity index (χ2v) is 5.71. The van der Waals surface area contributed by atoms with Crippen molar-refractivity contribution in [2.24, 2.45) is 5.73 Å². The van der Waals surface area contributed by atoms with Crippen LogP contribution in [0, 0.1) is 0 Å². The molecule has 1 atom stereocenters. The number of carbonyl (C=O) groups is 3. The van der Waals surface area contributed by atoms with E-state index in [1.807, 2.05) is 6.26 Å². The third-order valence-corrected chi connectivity index (χ3v) is 3.55. The summed E-state index contributed by atoms with van der Waals surface area (Å²) in [7, 11) is 0. The Hall–Kier alpha value is -1.93. The Balaban J connectivity index is 2.55. The van der Waals surface area contributed by atoms with Crippen LogP contribution in [-0.4, -0.2) is 35.9 Å². The lowest BCUT2D eigenvalue weighted by Crippen LogP contribution is -2.53. The van der Waals surface area contributed by atoms with E-state index in [0.717, 1.165) is 0 Å². The van der Waals surface area contributed by atoms with Gasteiger partial charge in [0.25, 0.3) is 11.8 Å². The molecule has 1 aromatic carbocycles. The minimum atomic E-state index is -0.810. The van der Waals surface area contributed by atoms with Crippen LogP contribution in [0.1, 0.15) is 16.8 Å². The average molecular weight is 345 g/mol. The lowest BCUT2D eigenvalue weighted by atomic mass is 10.2. The maximum atomic E-state index is 11.9. The van der Waals surface area contributed by atoms with Crippen LogP contribution in [0.2, 0.25) is 5.02 Å². The molecule has 0 unspecified atom stereocenters. The molecule has 0 fully saturated rings. The van der Waals surface area contributed by atoms with E-state index in [4.69, 9.17) is 17.3 Å². The summed E-state index contributed by atoms with van der Waals surface area (Å²) >= 11 is 7.25. The van der Waals surface area contributed by atoms with Gasteiger partial charge < -0.3 is 11.1 Å². The van der Waals surface area contributed by atoms with Crippen LogP contribution in [0.4, 0.5) is 4.79 Å². The van der Waals surface area contributed by atoms with Crippen molar-refractivity contribution < 1.29 is 14.4 Å². The fraction of sp³-hybridized carbons (Fsp3) is 0.308. The van der Waals surface area contributed by atoms with Gasteiger partial charge in [-0.3, -0.25) is 20.4 Å². The molecule has 1 aromatic rings. The molecule has 0 aliphatic rings. The van der Waals surface area contributed by atoms with Crippen molar-refractivity contribution in [3.8, 4) is 0 Å². The number of nitrogens with one attached hydrogen (secondary N) is 3. The maximum absolute atomic E-state index is 11.9. The van der Waals surface area contributed by atoms with Crippen LogP contribution < -0.4 is 21.9 Å². The van der Waals surface area contributed by atoms with Gasteiger partial charge in [-0.25, -0.2) is 4.79 Å². The maximum Gasteiger partial charge on any atom is 0.312 e. The second kappa shape index (κ2) is 9.16. The van der Waals surface area contributed by atoms with Crippen LogP contribution >= 0.6 is 23.4 Å². The van der Waals surface area contributed by atoms with Gasteiger partial charge in [0.15, 0.2) is 0 Å². The van der Waals surface area contributed by atoms with Crippen molar-refractivity contribution in [3.63, 3.8) is 0 Å². The predicted octanol–water partition coefficient (Wildman–Crippen LogP) is 0.891. The van der Waals surface area contributed by atoms with Crippen molar-refractivity contribution in [1.82, 2.24) is 16.2 Å². The Labute approximate surface area is 137 Å². The highest BCUT2D eigenvalue weighted by molar-refractivity contribution is 7.98. The largest absolute Gasteiger partial charge is 0.352 e. The van der Waals surface area contributed by atoms with E-state index in [9.17, 15) is 14.4 Å². The number of amides is 4. The molecule has 4 amide bonds. The first kappa shape index (κ1) is 18.1. The molecule has 1 rings (SSSR count). The van der Waals surface area contributed by atoms with Crippen LogP contribution in [0.25, 0.3) is 0 Å². The summed E-state index contributed by atoms with van der Waals surface area (Å²) in [5.41, 5.74) is 9.90. The minimum absolute atomic E-state index is 0.341. The van der Waals surface area contributed by atoms with Gasteiger partial charge in [0, 0.05) is 10.6 Å². The molecule has 0 heterocycles. The Morgan fingerprint density at radius 3 is 2.41 bits per heavy atom. The summed E-state index contributed by atoms with van der Waals surface area (Å²) in [4.78, 5) is 34.7. The van der Waals surface area contributed by atoms with Crippen molar-refractivity contribution >= 4 is 41.2 Å². The highest BCUT2D eigenvalue weighted by Gasteiger charge is 2.19. The fourth-order valence-electron chi connectivity index (χ4n) is 1.56. The fourth-order valence-corrected chi connectivity index (χ4v) is 2.15. The van der Waals surface area contributed by atoms with E-state index in [2.05, 4.69) is 16.2 Å². The van der Waals surface area contributed by atoms with Gasteiger partial charge in [-0.1, -0.05) is 11.6 Å². The van der Waals surface area contributed by atoms with Gasteiger partial charge in [-0.05, 0) is 42.7 Å². The summed E-state index contributed by atoms with van der Waals surface area (Å²) in [6, 6.07) is 4.57. The molecule has 0 aliphatic heterocycles. The zero-order chi connectivity index (χ0) is 16.5. The molecule has 0 aliphatic carbocycles. The van der Waals surface area contributed by atoms with Crippen molar-refractivity contribution in [2.45, 2.75) is 12.5 Å². The lowest BCUT2D eigenvalue weighted by molar-refractivity contribution is -0.123. The molecule has 120 valence electrons. The number of nitrogens with two attached hydrogens (primary N) is 1. The van der Waals surface area contributed by atoms with E-state index in [-0.39, 0.29) is 0 Å². The van der Waals surface area contributed by atoms with Crippen LogP contribution in [0.15, 0.2) is 24.3 Å². The van der Waals surface area contributed by atoms with Gasteiger partial charge in [0.1, 0.15) is 6.04 Å². The topological polar surface area (TPSA) is 113 Å². The van der Waals surface area contributed by atoms with Crippen molar-refractivity contribution in [3.05, 3.63) is 34.9 Å². The van der Waals surface area contributed by atoms with Crippen LogP contribution in [0.3, 0.4) is 0 Å². The number of rotatable bonds is 6. The summed E-state index contributed by atoms with van der Waals surface area (Å²) in [6.45, 7) is 0. The number of thioether (sulfide) groups is 1. The molecule has 0 saturated heterocycles. The first-order valence-electron chi connectivity index (χ1n) is 6.34. The Kier molecular flexibility index (Phi) is 7.55. The number of hydrazine groups is 1. The summed E-state index contributed by atoms with van der Waals surface area (Å²) in [5, 5.41) is 2.83. The SMILES string of the molecule is CSCC[C@@H](NC(N)=O)C(=O)NNC(=O)c1ccc(Cl)cc1. The molecule has 7 nitrogen and oxygen atoms in total. The zero-order valence-corrected chi connectivity index (χ0v) is 13.5. The molecule has 9 heteroatoms. The third kappa shape index (κ3) is 6.23.